The van der Waals surface area contributed by atoms with Crippen molar-refractivity contribution in [1.29, 1.82) is 0 Å². The molecule has 1 N–H and O–H groups in total. The zero-order chi connectivity index (χ0) is 13.7. The molecule has 5 rings (SSSR count). The molecule has 0 radical (unpaired) electrons. The molecule has 4 fully saturated rings. The van der Waals surface area contributed by atoms with Crippen LogP contribution in [0.25, 0.3) is 0 Å². The van der Waals surface area contributed by atoms with Crippen LogP contribution < -0.4 is 5.32 Å². The van der Waals surface area contributed by atoms with E-state index in [4.69, 9.17) is 0 Å². The van der Waals surface area contributed by atoms with Crippen molar-refractivity contribution in [2.24, 2.45) is 23.2 Å². The van der Waals surface area contributed by atoms with Crippen LogP contribution >= 0.6 is 0 Å². The molecule has 4 aliphatic rings. The molecule has 108 valence electrons. The normalized spacial score (nSPS) is 39.8. The van der Waals surface area contributed by atoms with Gasteiger partial charge < -0.3 is 5.32 Å². The molecule has 4 aliphatic carbocycles. The van der Waals surface area contributed by atoms with Gasteiger partial charge in [-0.15, -0.1) is 0 Å². The minimum atomic E-state index is 0.533. The van der Waals surface area contributed by atoms with Gasteiger partial charge in [-0.25, -0.2) is 9.97 Å². The van der Waals surface area contributed by atoms with Crippen LogP contribution in [0.1, 0.15) is 51.1 Å². The van der Waals surface area contributed by atoms with Gasteiger partial charge in [-0.3, -0.25) is 0 Å². The lowest BCUT2D eigenvalue weighted by molar-refractivity contribution is -0.0603. The maximum absolute atomic E-state index is 4.38. The Morgan fingerprint density at radius 3 is 2.25 bits per heavy atom. The molecule has 3 nitrogen and oxygen atoms in total. The van der Waals surface area contributed by atoms with Crippen LogP contribution in [0, 0.1) is 30.1 Å². The molecule has 1 aromatic rings. The molecular formula is C17H25N3. The maximum Gasteiger partial charge on any atom is 0.129 e. The van der Waals surface area contributed by atoms with Crippen LogP contribution in [-0.4, -0.2) is 16.0 Å². The Bertz CT molecular complexity index is 475. The monoisotopic (exact) mass is 271 g/mol. The van der Waals surface area contributed by atoms with E-state index in [2.05, 4.69) is 28.3 Å². The standard InChI is InChI=1S/C17H25N3/c1-11-3-16(19-10-18-11)20-12(2)17-7-13-4-14(8-17)6-15(5-13)9-17/h3,10,12-15H,4-9H2,1-2H3,(H,18,19,20). The molecular weight excluding hydrogens is 246 g/mol. The number of hydrogen-bond donors (Lipinski definition) is 1. The third kappa shape index (κ3) is 2.02. The second kappa shape index (κ2) is 4.44. The summed E-state index contributed by atoms with van der Waals surface area (Å²) < 4.78 is 0. The minimum Gasteiger partial charge on any atom is -0.367 e. The van der Waals surface area contributed by atoms with E-state index in [0.29, 0.717) is 11.5 Å². The third-order valence-electron chi connectivity index (χ3n) is 6.17. The molecule has 1 aromatic heterocycles. The zero-order valence-corrected chi connectivity index (χ0v) is 12.6. The molecule has 4 bridgehead atoms. The summed E-state index contributed by atoms with van der Waals surface area (Å²) in [5.41, 5.74) is 1.58. The van der Waals surface area contributed by atoms with Gasteiger partial charge >= 0.3 is 0 Å². The molecule has 0 spiro atoms. The molecule has 0 amide bonds. The van der Waals surface area contributed by atoms with Crippen LogP contribution in [0.4, 0.5) is 5.82 Å². The van der Waals surface area contributed by atoms with Gasteiger partial charge in [0.1, 0.15) is 12.1 Å². The lowest BCUT2D eigenvalue weighted by Crippen LogP contribution is -2.53. The highest BCUT2D eigenvalue weighted by Gasteiger charge is 2.53. The molecule has 1 unspecified atom stereocenters. The van der Waals surface area contributed by atoms with E-state index in [0.717, 1.165) is 29.3 Å². The van der Waals surface area contributed by atoms with Crippen molar-refractivity contribution >= 4 is 5.82 Å². The van der Waals surface area contributed by atoms with Crippen LogP contribution in [-0.2, 0) is 0 Å². The Morgan fingerprint density at radius 1 is 1.10 bits per heavy atom. The second-order valence-corrected chi connectivity index (χ2v) is 7.69. The number of nitrogens with one attached hydrogen (secondary N) is 1. The van der Waals surface area contributed by atoms with E-state index >= 15 is 0 Å². The summed E-state index contributed by atoms with van der Waals surface area (Å²) in [5.74, 6) is 4.04. The number of hydrogen-bond acceptors (Lipinski definition) is 3. The van der Waals surface area contributed by atoms with Crippen molar-refractivity contribution in [2.45, 2.75) is 58.4 Å². The Labute approximate surface area is 121 Å². The van der Waals surface area contributed by atoms with E-state index in [-0.39, 0.29) is 0 Å². The summed E-state index contributed by atoms with van der Waals surface area (Å²) in [6, 6.07) is 2.60. The Balaban J connectivity index is 1.54. The maximum atomic E-state index is 4.38. The minimum absolute atomic E-state index is 0.533. The van der Waals surface area contributed by atoms with E-state index in [9.17, 15) is 0 Å². The summed E-state index contributed by atoms with van der Waals surface area (Å²) in [4.78, 5) is 8.57. The van der Waals surface area contributed by atoms with Crippen molar-refractivity contribution in [3.63, 3.8) is 0 Å². The molecule has 1 heterocycles. The SMILES string of the molecule is Cc1cc(NC(C)C23CC4CC(CC(C4)C2)C3)ncn1. The first-order valence-electron chi connectivity index (χ1n) is 8.18. The van der Waals surface area contributed by atoms with Crippen LogP contribution in [0.3, 0.4) is 0 Å². The first kappa shape index (κ1) is 12.6. The smallest absolute Gasteiger partial charge is 0.129 e. The summed E-state index contributed by atoms with van der Waals surface area (Å²) in [7, 11) is 0. The quantitative estimate of drug-likeness (QED) is 0.908. The van der Waals surface area contributed by atoms with Gasteiger partial charge in [0.05, 0.1) is 0 Å². The summed E-state index contributed by atoms with van der Waals surface area (Å²) in [6.45, 7) is 4.41. The average Bonchev–Trinajstić information content (AvgIpc) is 2.37. The van der Waals surface area contributed by atoms with Crippen molar-refractivity contribution < 1.29 is 0 Å². The number of anilines is 1. The van der Waals surface area contributed by atoms with Gasteiger partial charge in [0.2, 0.25) is 0 Å². The summed E-state index contributed by atoms with van der Waals surface area (Å²) in [5, 5.41) is 3.69. The van der Waals surface area contributed by atoms with Gasteiger partial charge in [-0.2, -0.15) is 0 Å². The zero-order valence-electron chi connectivity index (χ0n) is 12.6. The van der Waals surface area contributed by atoms with Crippen LogP contribution in [0.2, 0.25) is 0 Å². The highest BCUT2D eigenvalue weighted by molar-refractivity contribution is 5.36. The lowest BCUT2D eigenvalue weighted by atomic mass is 9.48. The average molecular weight is 271 g/mol. The topological polar surface area (TPSA) is 37.8 Å². The second-order valence-electron chi connectivity index (χ2n) is 7.69. The van der Waals surface area contributed by atoms with E-state index < -0.39 is 0 Å². The van der Waals surface area contributed by atoms with Crippen molar-refractivity contribution in [3.8, 4) is 0 Å². The summed E-state index contributed by atoms with van der Waals surface area (Å²) >= 11 is 0. The molecule has 0 saturated heterocycles. The third-order valence-corrected chi connectivity index (χ3v) is 6.17. The van der Waals surface area contributed by atoms with Gasteiger partial charge in [-0.05, 0) is 75.5 Å². The Kier molecular flexibility index (Phi) is 2.80. The Morgan fingerprint density at radius 2 is 1.70 bits per heavy atom. The molecule has 20 heavy (non-hydrogen) atoms. The first-order valence-corrected chi connectivity index (χ1v) is 8.18. The van der Waals surface area contributed by atoms with Crippen molar-refractivity contribution in [1.82, 2.24) is 9.97 Å². The molecule has 0 aliphatic heterocycles. The fraction of sp³-hybridized carbons (Fsp3) is 0.765. The molecule has 1 atom stereocenters. The van der Waals surface area contributed by atoms with E-state index in [1.807, 2.05) is 6.92 Å². The fourth-order valence-corrected chi connectivity index (χ4v) is 5.62. The van der Waals surface area contributed by atoms with Crippen LogP contribution in [0.15, 0.2) is 12.4 Å². The highest BCUT2D eigenvalue weighted by Crippen LogP contribution is 2.61. The largest absolute Gasteiger partial charge is 0.367 e. The highest BCUT2D eigenvalue weighted by atomic mass is 15.0. The predicted molar refractivity (Wildman–Crippen MR) is 80.5 cm³/mol. The van der Waals surface area contributed by atoms with Gasteiger partial charge in [0.25, 0.3) is 0 Å². The summed E-state index contributed by atoms with van der Waals surface area (Å²) in [6.07, 6.45) is 10.5. The molecule has 3 heteroatoms. The predicted octanol–water partition coefficient (Wildman–Crippen LogP) is 3.80. The first-order chi connectivity index (χ1) is 9.63. The lowest BCUT2D eigenvalue weighted by Gasteiger charge is -2.59. The van der Waals surface area contributed by atoms with E-state index in [1.165, 1.54) is 38.5 Å². The van der Waals surface area contributed by atoms with Crippen LogP contribution in [0.5, 0.6) is 0 Å². The Hall–Kier alpha value is -1.12. The molecule has 0 aromatic carbocycles. The number of rotatable bonds is 3. The van der Waals surface area contributed by atoms with Gasteiger partial charge in [-0.1, -0.05) is 0 Å². The van der Waals surface area contributed by atoms with Crippen molar-refractivity contribution in [2.75, 3.05) is 5.32 Å². The molecule has 4 saturated carbocycles. The number of aryl methyl sites for hydroxylation is 1. The fourth-order valence-electron chi connectivity index (χ4n) is 5.62. The van der Waals surface area contributed by atoms with Crippen molar-refractivity contribution in [3.05, 3.63) is 18.1 Å². The number of aromatic nitrogens is 2. The number of nitrogens with zero attached hydrogens (tertiary/aromatic N) is 2. The van der Waals surface area contributed by atoms with E-state index in [1.54, 1.807) is 6.33 Å². The van der Waals surface area contributed by atoms with Gasteiger partial charge in [0.15, 0.2) is 0 Å². The van der Waals surface area contributed by atoms with Gasteiger partial charge in [0, 0.05) is 17.8 Å².